The number of ether oxygens (including phenoxy) is 10. The van der Waals surface area contributed by atoms with Crippen molar-refractivity contribution in [1.29, 1.82) is 0 Å². The van der Waals surface area contributed by atoms with Crippen LogP contribution in [0.25, 0.3) is 0 Å². The fourth-order valence-electron chi connectivity index (χ4n) is 15.4. The summed E-state index contributed by atoms with van der Waals surface area (Å²) in [7, 11) is 2.33. The third kappa shape index (κ3) is 13.1. The van der Waals surface area contributed by atoms with Crippen molar-refractivity contribution in [2.75, 3.05) is 34.5 Å². The minimum Gasteiger partial charge on any atom is -0.456 e. The summed E-state index contributed by atoms with van der Waals surface area (Å²) in [6.45, 7) is 26.1. The van der Waals surface area contributed by atoms with E-state index in [-0.39, 0.29) is 62.8 Å². The van der Waals surface area contributed by atoms with Crippen molar-refractivity contribution >= 4 is 53.2 Å². The van der Waals surface area contributed by atoms with E-state index in [0.29, 0.717) is 38.8 Å². The molecule has 6 aliphatic heterocycles. The molecule has 7 aliphatic rings. The zero-order valence-electron chi connectivity index (χ0n) is 51.9. The first-order valence-electron chi connectivity index (χ1n) is 30.7. The summed E-state index contributed by atoms with van der Waals surface area (Å²) >= 11 is 2.51. The number of esters is 1. The Kier molecular flexibility index (Phi) is 20.0. The van der Waals surface area contributed by atoms with E-state index < -0.39 is 74.0 Å². The second-order valence-electron chi connectivity index (χ2n) is 27.3. The quantitative estimate of drug-likeness (QED) is 0.0774. The number of cyclic esters (lactones) is 1. The Labute approximate surface area is 505 Å². The van der Waals surface area contributed by atoms with Gasteiger partial charge < -0.3 is 56.7 Å². The van der Waals surface area contributed by atoms with Crippen LogP contribution in [0.4, 0.5) is 0 Å². The van der Waals surface area contributed by atoms with Crippen molar-refractivity contribution < 1.29 is 61.4 Å². The highest BCUT2D eigenvalue weighted by Gasteiger charge is 2.66. The van der Waals surface area contributed by atoms with Gasteiger partial charge in [0.1, 0.15) is 18.2 Å². The van der Waals surface area contributed by atoms with E-state index in [1.165, 1.54) is 15.9 Å². The van der Waals surface area contributed by atoms with Crippen molar-refractivity contribution in [3.63, 3.8) is 0 Å². The van der Waals surface area contributed by atoms with Gasteiger partial charge in [-0.3, -0.25) is 4.79 Å². The van der Waals surface area contributed by atoms with E-state index in [4.69, 9.17) is 51.8 Å². The number of benzene rings is 2. The lowest BCUT2D eigenvalue weighted by Gasteiger charge is -2.54. The predicted octanol–water partition coefficient (Wildman–Crippen LogP) is 11.4. The minimum absolute atomic E-state index is 0.0871. The Bertz CT molecular complexity index is 2520. The van der Waals surface area contributed by atoms with Crippen LogP contribution in [0, 0.1) is 29.6 Å². The number of nitrogens with zero attached hydrogens (tertiary/aromatic N) is 1. The summed E-state index contributed by atoms with van der Waals surface area (Å²) < 4.78 is 76.0. The second kappa shape index (κ2) is 25.6. The van der Waals surface area contributed by atoms with Gasteiger partial charge in [0.05, 0.1) is 37.1 Å². The molecule has 1 aliphatic carbocycles. The molecular formula is C66H98INO13Si. The van der Waals surface area contributed by atoms with Gasteiger partial charge in [-0.05, 0) is 139 Å². The smallest absolute Gasteiger partial charge is 0.329 e. The fourth-order valence-corrected chi connectivity index (χ4v) is 20.9. The number of alkyl halides is 1. The maximum Gasteiger partial charge on any atom is 0.329 e. The van der Waals surface area contributed by atoms with Crippen LogP contribution in [-0.4, -0.2) is 142 Å². The van der Waals surface area contributed by atoms with Gasteiger partial charge >= 0.3 is 5.97 Å². The van der Waals surface area contributed by atoms with Crippen LogP contribution >= 0.6 is 22.6 Å². The predicted molar refractivity (Wildman–Crippen MR) is 327 cm³/mol. The van der Waals surface area contributed by atoms with Crippen LogP contribution in [-0.2, 0) is 61.4 Å². The second-order valence-corrected chi connectivity index (χ2v) is 33.3. The average Bonchev–Trinajstić information content (AvgIpc) is 3.87. The molecule has 2 aromatic carbocycles. The summed E-state index contributed by atoms with van der Waals surface area (Å²) in [5.41, 5.74) is 2.15. The maximum absolute atomic E-state index is 15.6. The largest absolute Gasteiger partial charge is 0.456 e. The summed E-state index contributed by atoms with van der Waals surface area (Å²) in [5.74, 6) is -6.07. The lowest BCUT2D eigenvalue weighted by molar-refractivity contribution is -0.422. The van der Waals surface area contributed by atoms with E-state index in [2.05, 4.69) is 144 Å². The highest BCUT2D eigenvalue weighted by atomic mass is 127. The van der Waals surface area contributed by atoms with Crippen LogP contribution in [0.1, 0.15) is 154 Å². The average molecular weight is 1270 g/mol. The van der Waals surface area contributed by atoms with Crippen LogP contribution < -0.4 is 10.4 Å². The fraction of sp³-hybridized carbons (Fsp3) is 0.727. The Hall–Kier alpha value is -2.59. The van der Waals surface area contributed by atoms with E-state index in [1.54, 1.807) is 26.2 Å². The SMILES string of the molecule is CO[C@H]1C[C@@H](C)C/C(C)=C/[C@H]2C[C@H](I)CO[C@@]23C[C@H](OC(C)(C)O3)[C@@H](C)[C@@H](/C(C)=C\[C@@H]2CC[C@@H](O[Si](c3ccccc3)(c3ccccc3)C(C)(C)C)[C@H](OC)C2)OC(=O)[C@@H]2CCCCN2C(=O)[C@@H]2OC(C)(C)O[C@@]23O[C@H]1[C@@H](OC)C[C@H]3C. The lowest BCUT2D eigenvalue weighted by Crippen LogP contribution is -2.68. The van der Waals surface area contributed by atoms with Gasteiger partial charge in [-0.1, -0.05) is 143 Å². The summed E-state index contributed by atoms with van der Waals surface area (Å²) in [4.78, 5) is 32.8. The number of piperidine rings is 1. The first-order chi connectivity index (χ1) is 38.8. The van der Waals surface area contributed by atoms with Gasteiger partial charge in [0.25, 0.3) is 14.2 Å². The molecule has 0 aromatic heterocycles. The van der Waals surface area contributed by atoms with E-state index >= 15 is 9.59 Å². The molecular weight excluding hydrogens is 1170 g/mol. The molecule has 6 heterocycles. The van der Waals surface area contributed by atoms with Crippen molar-refractivity contribution in [1.82, 2.24) is 4.90 Å². The molecule has 0 N–H and O–H groups in total. The number of rotatable bonds is 9. The van der Waals surface area contributed by atoms with E-state index in [9.17, 15) is 0 Å². The van der Waals surface area contributed by atoms with Gasteiger partial charge in [-0.25, -0.2) is 4.79 Å². The highest BCUT2D eigenvalue weighted by molar-refractivity contribution is 14.1. The van der Waals surface area contributed by atoms with Crippen molar-refractivity contribution in [2.24, 2.45) is 29.6 Å². The van der Waals surface area contributed by atoms with E-state index in [0.717, 1.165) is 50.5 Å². The van der Waals surface area contributed by atoms with Crippen LogP contribution in [0.15, 0.2) is 84.0 Å². The molecule has 2 aromatic rings. The number of methoxy groups -OCH3 is 3. The van der Waals surface area contributed by atoms with Gasteiger partial charge in [0.15, 0.2) is 23.5 Å². The Balaban J connectivity index is 1.09. The number of amides is 1. The third-order valence-electron chi connectivity index (χ3n) is 19.2. The summed E-state index contributed by atoms with van der Waals surface area (Å²) in [6, 6.07) is 20.7. The molecule has 9 rings (SSSR count). The molecule has 2 spiro atoms. The van der Waals surface area contributed by atoms with Crippen molar-refractivity contribution in [3.8, 4) is 0 Å². The molecule has 0 unspecified atom stereocenters. The van der Waals surface area contributed by atoms with Crippen LogP contribution in [0.5, 0.6) is 0 Å². The molecule has 4 bridgehead atoms. The van der Waals surface area contributed by atoms with Gasteiger partial charge in [0.2, 0.25) is 5.79 Å². The maximum atomic E-state index is 15.6. The van der Waals surface area contributed by atoms with Crippen LogP contribution in [0.3, 0.4) is 0 Å². The molecule has 0 radical (unpaired) electrons. The van der Waals surface area contributed by atoms with Crippen molar-refractivity contribution in [3.05, 3.63) is 84.0 Å². The zero-order valence-corrected chi connectivity index (χ0v) is 55.1. The molecule has 17 atom stereocenters. The molecule has 14 nitrogen and oxygen atoms in total. The standard InChI is InChI=1S/C66H98INO13Si/c1-41-32-42(2)34-54(72-14)58-55(73-15)36-44(4)66(77-58)59(78-64(11,12)81-66)60(69)68-31-23-22-28-51(68)61(70)75-57(45(5)56-39-65(80-63(9,10)76-56)47(33-41)38-48(67)40-74-65)43(3)35-46-29-30-52(53(37-46)71-13)79-82(62(6,7)8,49-24-18-16-19-25-49)50-26-20-17-21-27-50/h16-21,24-27,33,35,42,44-48,51-59H,22-23,28-32,34,36-40H2,1-15H3/b41-33+,43-35-/t42-,44+,45+,46-,47-,48-,51-,52+,53+,54-,55-,56-,57+,58+,59-,65+,66+/m0/s1. The number of carbonyl (C=O) groups is 2. The molecule has 1 amide bonds. The molecule has 6 fully saturated rings. The number of hydrogen-bond donors (Lipinski definition) is 0. The molecule has 82 heavy (non-hydrogen) atoms. The zero-order chi connectivity index (χ0) is 59.2. The summed E-state index contributed by atoms with van der Waals surface area (Å²) in [6.07, 6.45) is 8.17. The summed E-state index contributed by atoms with van der Waals surface area (Å²) in [5, 5.41) is 2.28. The monoisotopic (exact) mass is 1270 g/mol. The number of halogens is 1. The minimum atomic E-state index is -2.90. The third-order valence-corrected chi connectivity index (χ3v) is 25.1. The first-order valence-corrected chi connectivity index (χ1v) is 33.9. The number of hydrogen-bond acceptors (Lipinski definition) is 13. The Morgan fingerprint density at radius 2 is 1.40 bits per heavy atom. The molecule has 1 saturated carbocycles. The Morgan fingerprint density at radius 3 is 2.04 bits per heavy atom. The molecule has 16 heteroatoms. The normalized spacial score (nSPS) is 39.6. The number of fused-ring (bicyclic) bond motifs is 3. The molecule has 456 valence electrons. The van der Waals surface area contributed by atoms with Gasteiger partial charge in [-0.15, -0.1) is 0 Å². The van der Waals surface area contributed by atoms with Crippen LogP contribution in [0.2, 0.25) is 5.04 Å². The highest BCUT2D eigenvalue weighted by Crippen LogP contribution is 2.52. The van der Waals surface area contributed by atoms with Gasteiger partial charge in [0, 0.05) is 56.0 Å². The van der Waals surface area contributed by atoms with E-state index in [1.807, 2.05) is 34.6 Å². The van der Waals surface area contributed by atoms with Gasteiger partial charge in [-0.2, -0.15) is 0 Å². The first kappa shape index (κ1) is 63.9. The topological polar surface area (TPSA) is 139 Å². The molecule has 5 saturated heterocycles. The van der Waals surface area contributed by atoms with Crippen molar-refractivity contribution in [2.45, 2.75) is 241 Å². The lowest BCUT2D eigenvalue weighted by atomic mass is 9.78. The number of allylic oxidation sites excluding steroid dienone is 2. The Morgan fingerprint density at radius 1 is 0.768 bits per heavy atom. The number of carbonyl (C=O) groups excluding carboxylic acids is 2.